The van der Waals surface area contributed by atoms with Crippen molar-refractivity contribution in [3.8, 4) is 5.75 Å². The highest BCUT2D eigenvalue weighted by Gasteiger charge is 2.18. The molecule has 0 spiro atoms. The summed E-state index contributed by atoms with van der Waals surface area (Å²) in [4.78, 5) is 35.1. The summed E-state index contributed by atoms with van der Waals surface area (Å²) in [7, 11) is 0. The fourth-order valence-electron chi connectivity index (χ4n) is 4.45. The normalized spacial score (nSPS) is 11.9. The molecule has 0 fully saturated rings. The average Bonchev–Trinajstić information content (AvgIpc) is 2.88. The van der Waals surface area contributed by atoms with Crippen molar-refractivity contribution >= 4 is 23.9 Å². The Balaban J connectivity index is 2.41. The molecule has 1 amide bonds. The number of ether oxygens (including phenoxy) is 1. The molecular weight excluding hydrogens is 482 g/mol. The van der Waals surface area contributed by atoms with Crippen LogP contribution in [-0.4, -0.2) is 52.2 Å². The van der Waals surface area contributed by atoms with E-state index in [1.807, 2.05) is 24.3 Å². The van der Waals surface area contributed by atoms with Gasteiger partial charge in [0.15, 0.2) is 0 Å². The molecule has 0 radical (unpaired) electrons. The predicted octanol–water partition coefficient (Wildman–Crippen LogP) is 7.34. The van der Waals surface area contributed by atoms with E-state index in [1.165, 1.54) is 83.1 Å². The Labute approximate surface area is 229 Å². The van der Waals surface area contributed by atoms with Crippen LogP contribution < -0.4 is 4.74 Å². The van der Waals surface area contributed by atoms with E-state index in [0.717, 1.165) is 24.2 Å². The van der Waals surface area contributed by atoms with Gasteiger partial charge in [0.05, 0.1) is 6.10 Å². The molecule has 0 saturated heterocycles. The maximum Gasteiger partial charge on any atom is 0.323 e. The summed E-state index contributed by atoms with van der Waals surface area (Å²) in [6.45, 7) is 3.01. The van der Waals surface area contributed by atoms with Crippen molar-refractivity contribution in [3.63, 3.8) is 0 Å². The van der Waals surface area contributed by atoms with Crippen LogP contribution in [0.3, 0.4) is 0 Å². The zero-order valence-electron chi connectivity index (χ0n) is 23.5. The fraction of sp³-hybridized carbons (Fsp3) is 0.645. The second-order valence-electron chi connectivity index (χ2n) is 10.0. The second-order valence-corrected chi connectivity index (χ2v) is 10.0. The number of hydrogen-bond donors (Lipinski definition) is 2. The molecule has 214 valence electrons. The lowest BCUT2D eigenvalue weighted by atomic mass is 10.0. The molecule has 0 bridgehead atoms. The minimum atomic E-state index is -1.27. The Morgan fingerprint density at radius 2 is 1.29 bits per heavy atom. The maximum atomic E-state index is 12.4. The summed E-state index contributed by atoms with van der Waals surface area (Å²) in [5, 5.41) is 17.9. The molecule has 0 heterocycles. The van der Waals surface area contributed by atoms with Crippen LogP contribution >= 0.6 is 0 Å². The van der Waals surface area contributed by atoms with Gasteiger partial charge in [0.25, 0.3) is 0 Å². The van der Waals surface area contributed by atoms with E-state index in [9.17, 15) is 14.4 Å². The number of aliphatic carboxylic acids is 2. The van der Waals surface area contributed by atoms with Crippen molar-refractivity contribution in [1.29, 1.82) is 0 Å². The molecule has 0 aromatic heterocycles. The lowest BCUT2D eigenvalue weighted by Crippen LogP contribution is -2.38. The number of amides is 1. The van der Waals surface area contributed by atoms with Crippen LogP contribution in [0.2, 0.25) is 0 Å². The monoisotopic (exact) mass is 531 g/mol. The quantitative estimate of drug-likeness (QED) is 0.113. The molecule has 1 aromatic rings. The Morgan fingerprint density at radius 3 is 1.79 bits per heavy atom. The minimum absolute atomic E-state index is 0.0727. The number of carbonyl (C=O) groups excluding carboxylic acids is 1. The summed E-state index contributed by atoms with van der Waals surface area (Å²) in [5.41, 5.74) is 0.690. The molecule has 1 atom stereocenters. The van der Waals surface area contributed by atoms with Gasteiger partial charge in [0.2, 0.25) is 5.91 Å². The fourth-order valence-corrected chi connectivity index (χ4v) is 4.45. The van der Waals surface area contributed by atoms with Gasteiger partial charge in [0.1, 0.15) is 18.8 Å². The molecule has 7 nitrogen and oxygen atoms in total. The number of carboxylic acid groups (broad SMARTS) is 2. The molecule has 0 aliphatic carbocycles. The van der Waals surface area contributed by atoms with E-state index < -0.39 is 30.9 Å². The highest BCUT2D eigenvalue weighted by Crippen LogP contribution is 2.24. The predicted molar refractivity (Wildman–Crippen MR) is 152 cm³/mol. The molecule has 0 aliphatic heterocycles. The standard InChI is InChI=1S/C31H49NO6/c1-3-5-6-7-8-9-10-11-12-13-14-15-16-20-27(4-2)38-28-21-18-17-19-26(28)22-23-29(33)32(24-30(34)35)25-31(36)37/h17-19,21-23,27H,3-16,20,24-25H2,1-2H3,(H,34,35)(H,36,37)/b23-22+. The van der Waals surface area contributed by atoms with Crippen LogP contribution in [0.15, 0.2) is 30.3 Å². The third kappa shape index (κ3) is 16.1. The highest BCUT2D eigenvalue weighted by molar-refractivity contribution is 5.95. The van der Waals surface area contributed by atoms with Gasteiger partial charge in [0, 0.05) is 11.6 Å². The Hall–Kier alpha value is -2.83. The maximum absolute atomic E-state index is 12.4. The van der Waals surface area contributed by atoms with Crippen molar-refractivity contribution < 1.29 is 29.3 Å². The van der Waals surface area contributed by atoms with Gasteiger partial charge in [-0.2, -0.15) is 0 Å². The van der Waals surface area contributed by atoms with E-state index in [0.29, 0.717) is 11.3 Å². The summed E-state index contributed by atoms with van der Waals surface area (Å²) >= 11 is 0. The van der Waals surface area contributed by atoms with Crippen LogP contribution in [0.4, 0.5) is 0 Å². The Morgan fingerprint density at radius 1 is 0.789 bits per heavy atom. The first-order valence-corrected chi connectivity index (χ1v) is 14.5. The van der Waals surface area contributed by atoms with Gasteiger partial charge in [-0.3, -0.25) is 14.4 Å². The second kappa shape index (κ2) is 21.1. The van der Waals surface area contributed by atoms with Crippen molar-refractivity contribution in [2.75, 3.05) is 13.1 Å². The van der Waals surface area contributed by atoms with Crippen molar-refractivity contribution in [2.45, 2.75) is 116 Å². The highest BCUT2D eigenvalue weighted by atomic mass is 16.5. The zero-order chi connectivity index (χ0) is 28.0. The van der Waals surface area contributed by atoms with E-state index in [1.54, 1.807) is 6.08 Å². The molecule has 2 N–H and O–H groups in total. The summed E-state index contributed by atoms with van der Waals surface area (Å²) in [6, 6.07) is 7.36. The van der Waals surface area contributed by atoms with E-state index in [4.69, 9.17) is 14.9 Å². The number of hydrogen-bond acceptors (Lipinski definition) is 4. The first-order chi connectivity index (χ1) is 18.4. The summed E-state index contributed by atoms with van der Waals surface area (Å²) < 4.78 is 6.26. The first kappa shape index (κ1) is 33.2. The molecule has 0 saturated carbocycles. The zero-order valence-corrected chi connectivity index (χ0v) is 23.5. The molecule has 1 rings (SSSR count). The third-order valence-electron chi connectivity index (χ3n) is 6.67. The Kier molecular flexibility index (Phi) is 18.5. The number of carbonyl (C=O) groups is 3. The first-order valence-electron chi connectivity index (χ1n) is 14.5. The number of rotatable bonds is 23. The van der Waals surface area contributed by atoms with Crippen LogP contribution in [0, 0.1) is 0 Å². The van der Waals surface area contributed by atoms with Crippen molar-refractivity contribution in [3.05, 3.63) is 35.9 Å². The number of carboxylic acids is 2. The SMILES string of the molecule is CCCCCCCCCCCCCCCC(CC)Oc1ccccc1/C=C/C(=O)N(CC(=O)O)CC(=O)O. The topological polar surface area (TPSA) is 104 Å². The van der Waals surface area contributed by atoms with Gasteiger partial charge in [-0.1, -0.05) is 109 Å². The van der Waals surface area contributed by atoms with E-state index >= 15 is 0 Å². The molecule has 38 heavy (non-hydrogen) atoms. The Bertz CT molecular complexity index is 821. The van der Waals surface area contributed by atoms with Crippen LogP contribution in [0.1, 0.15) is 116 Å². The molecule has 7 heteroatoms. The number of para-hydroxylation sites is 1. The summed E-state index contributed by atoms with van der Waals surface area (Å²) in [6.07, 6.45) is 21.8. The average molecular weight is 532 g/mol. The van der Waals surface area contributed by atoms with E-state index in [2.05, 4.69) is 13.8 Å². The molecule has 1 aromatic carbocycles. The molecule has 1 unspecified atom stereocenters. The van der Waals surface area contributed by atoms with Crippen LogP contribution in [-0.2, 0) is 14.4 Å². The molecular formula is C31H49NO6. The largest absolute Gasteiger partial charge is 0.490 e. The van der Waals surface area contributed by atoms with Crippen molar-refractivity contribution in [1.82, 2.24) is 4.90 Å². The van der Waals surface area contributed by atoms with Gasteiger partial charge in [-0.05, 0) is 31.4 Å². The number of nitrogens with zero attached hydrogens (tertiary/aromatic N) is 1. The van der Waals surface area contributed by atoms with Crippen LogP contribution in [0.5, 0.6) is 5.75 Å². The van der Waals surface area contributed by atoms with E-state index in [-0.39, 0.29) is 6.10 Å². The van der Waals surface area contributed by atoms with Gasteiger partial charge in [-0.15, -0.1) is 0 Å². The number of benzene rings is 1. The number of unbranched alkanes of at least 4 members (excludes halogenated alkanes) is 12. The minimum Gasteiger partial charge on any atom is -0.490 e. The smallest absolute Gasteiger partial charge is 0.323 e. The van der Waals surface area contributed by atoms with Crippen molar-refractivity contribution in [2.24, 2.45) is 0 Å². The third-order valence-corrected chi connectivity index (χ3v) is 6.67. The molecule has 0 aliphatic rings. The van der Waals surface area contributed by atoms with Gasteiger partial charge in [-0.25, -0.2) is 0 Å². The van der Waals surface area contributed by atoms with Crippen LogP contribution in [0.25, 0.3) is 6.08 Å². The lowest BCUT2D eigenvalue weighted by molar-refractivity contribution is -0.147. The van der Waals surface area contributed by atoms with Gasteiger partial charge < -0.3 is 19.8 Å². The van der Waals surface area contributed by atoms with Gasteiger partial charge >= 0.3 is 11.9 Å². The lowest BCUT2D eigenvalue weighted by Gasteiger charge is -2.19. The summed E-state index contributed by atoms with van der Waals surface area (Å²) in [5.74, 6) is -2.56.